The van der Waals surface area contributed by atoms with Crippen molar-refractivity contribution in [1.82, 2.24) is 30.3 Å². The Balaban J connectivity index is 0.00000288. The molecule has 0 bridgehead atoms. The summed E-state index contributed by atoms with van der Waals surface area (Å²) in [5, 5.41) is 10.7. The summed E-state index contributed by atoms with van der Waals surface area (Å²) >= 11 is 0. The van der Waals surface area contributed by atoms with Crippen LogP contribution in [-0.2, 0) is 13.6 Å². The van der Waals surface area contributed by atoms with Crippen molar-refractivity contribution >= 4 is 29.9 Å². The van der Waals surface area contributed by atoms with Gasteiger partial charge in [0.1, 0.15) is 18.7 Å². The van der Waals surface area contributed by atoms with Crippen LogP contribution in [0.2, 0.25) is 0 Å². The number of halogens is 1. The molecule has 0 spiro atoms. The maximum Gasteiger partial charge on any atom is 0.191 e. The van der Waals surface area contributed by atoms with Gasteiger partial charge in [0.25, 0.3) is 0 Å². The number of nitrogens with one attached hydrogen (secondary N) is 2. The number of aromatic nitrogens is 3. The van der Waals surface area contributed by atoms with Gasteiger partial charge < -0.3 is 15.5 Å². The van der Waals surface area contributed by atoms with Gasteiger partial charge in [0.05, 0.1) is 0 Å². The van der Waals surface area contributed by atoms with Gasteiger partial charge in [-0.1, -0.05) is 6.92 Å². The molecular formula is C16H32IN7. The number of nitrogens with zero attached hydrogens (tertiary/aromatic N) is 5. The predicted octanol–water partition coefficient (Wildman–Crippen LogP) is 1.61. The standard InChI is InChI=1S/C16H31N7.HI/c1-4-17-16(19-11-15-20-13-21-22(15)3)18-8-6-10-23-9-5-7-14(2)12-23;/h13-14H,4-12H2,1-3H3,(H2,17,18,19);1H. The minimum Gasteiger partial charge on any atom is -0.357 e. The van der Waals surface area contributed by atoms with Gasteiger partial charge in [-0.3, -0.25) is 4.68 Å². The molecule has 1 aromatic rings. The Morgan fingerprint density at radius 1 is 1.42 bits per heavy atom. The van der Waals surface area contributed by atoms with Crippen molar-refractivity contribution in [2.24, 2.45) is 18.0 Å². The van der Waals surface area contributed by atoms with Crippen molar-refractivity contribution in [3.8, 4) is 0 Å². The van der Waals surface area contributed by atoms with Gasteiger partial charge >= 0.3 is 0 Å². The Morgan fingerprint density at radius 2 is 2.25 bits per heavy atom. The molecule has 0 saturated carbocycles. The fourth-order valence-electron chi connectivity index (χ4n) is 2.95. The molecule has 2 N–H and O–H groups in total. The van der Waals surface area contributed by atoms with Gasteiger partial charge in [-0.15, -0.1) is 24.0 Å². The average Bonchev–Trinajstić information content (AvgIpc) is 2.94. The second-order valence-electron chi connectivity index (χ2n) is 6.32. The van der Waals surface area contributed by atoms with Crippen LogP contribution in [-0.4, -0.2) is 58.3 Å². The Kier molecular flexibility index (Phi) is 10.2. The fraction of sp³-hybridized carbons (Fsp3) is 0.812. The molecule has 7 nitrogen and oxygen atoms in total. The van der Waals surface area contributed by atoms with E-state index in [0.717, 1.165) is 37.2 Å². The van der Waals surface area contributed by atoms with Gasteiger partial charge in [0, 0.05) is 26.7 Å². The molecule has 24 heavy (non-hydrogen) atoms. The van der Waals surface area contributed by atoms with E-state index in [2.05, 4.69) is 44.5 Å². The SMILES string of the molecule is CCNC(=NCc1ncnn1C)NCCCN1CCCC(C)C1.I. The molecule has 1 fully saturated rings. The summed E-state index contributed by atoms with van der Waals surface area (Å²) in [6.45, 7) is 10.4. The molecule has 2 heterocycles. The van der Waals surface area contributed by atoms with Gasteiger partial charge in [-0.2, -0.15) is 5.10 Å². The van der Waals surface area contributed by atoms with Crippen LogP contribution in [0.15, 0.2) is 11.3 Å². The Bertz CT molecular complexity index is 489. The van der Waals surface area contributed by atoms with Crippen LogP contribution >= 0.6 is 24.0 Å². The first-order valence-corrected chi connectivity index (χ1v) is 8.76. The zero-order chi connectivity index (χ0) is 16.5. The number of aryl methyl sites for hydroxylation is 1. The summed E-state index contributed by atoms with van der Waals surface area (Å²) in [7, 11) is 1.89. The van der Waals surface area contributed by atoms with E-state index in [1.54, 1.807) is 11.0 Å². The second kappa shape index (κ2) is 11.6. The monoisotopic (exact) mass is 449 g/mol. The van der Waals surface area contributed by atoms with E-state index in [-0.39, 0.29) is 24.0 Å². The highest BCUT2D eigenvalue weighted by molar-refractivity contribution is 14.0. The molecule has 1 aliphatic rings. The lowest BCUT2D eigenvalue weighted by atomic mass is 10.0. The van der Waals surface area contributed by atoms with Crippen molar-refractivity contribution in [1.29, 1.82) is 0 Å². The lowest BCUT2D eigenvalue weighted by Crippen LogP contribution is -2.40. The van der Waals surface area contributed by atoms with Gasteiger partial charge in [0.2, 0.25) is 0 Å². The minimum atomic E-state index is 0. The maximum absolute atomic E-state index is 4.57. The normalized spacial score (nSPS) is 19.0. The van der Waals surface area contributed by atoms with Crippen molar-refractivity contribution in [3.05, 3.63) is 12.2 Å². The van der Waals surface area contributed by atoms with E-state index < -0.39 is 0 Å². The summed E-state index contributed by atoms with van der Waals surface area (Å²) < 4.78 is 1.75. The molecule has 1 unspecified atom stereocenters. The van der Waals surface area contributed by atoms with E-state index in [1.165, 1.54) is 32.5 Å². The van der Waals surface area contributed by atoms with Crippen LogP contribution < -0.4 is 10.6 Å². The van der Waals surface area contributed by atoms with Crippen LogP contribution in [0, 0.1) is 5.92 Å². The third kappa shape index (κ3) is 7.33. The summed E-state index contributed by atoms with van der Waals surface area (Å²) in [6.07, 6.45) is 5.43. The molecule has 1 atom stereocenters. The predicted molar refractivity (Wildman–Crippen MR) is 109 cm³/mol. The van der Waals surface area contributed by atoms with Crippen LogP contribution in [0.25, 0.3) is 0 Å². The molecule has 1 saturated heterocycles. The van der Waals surface area contributed by atoms with Crippen LogP contribution in [0.5, 0.6) is 0 Å². The first kappa shape index (κ1) is 21.1. The highest BCUT2D eigenvalue weighted by atomic mass is 127. The topological polar surface area (TPSA) is 70.4 Å². The summed E-state index contributed by atoms with van der Waals surface area (Å²) in [4.78, 5) is 11.3. The number of guanidine groups is 1. The molecular weight excluding hydrogens is 417 g/mol. The van der Waals surface area contributed by atoms with E-state index in [9.17, 15) is 0 Å². The smallest absolute Gasteiger partial charge is 0.191 e. The summed E-state index contributed by atoms with van der Waals surface area (Å²) in [6, 6.07) is 0. The van der Waals surface area contributed by atoms with E-state index in [4.69, 9.17) is 0 Å². The van der Waals surface area contributed by atoms with E-state index in [1.807, 2.05) is 7.05 Å². The average molecular weight is 449 g/mol. The van der Waals surface area contributed by atoms with E-state index >= 15 is 0 Å². The molecule has 0 radical (unpaired) electrons. The fourth-order valence-corrected chi connectivity index (χ4v) is 2.95. The Hall–Kier alpha value is -0.900. The largest absolute Gasteiger partial charge is 0.357 e. The highest BCUT2D eigenvalue weighted by Crippen LogP contribution is 2.15. The van der Waals surface area contributed by atoms with Gasteiger partial charge in [-0.05, 0) is 45.2 Å². The first-order valence-electron chi connectivity index (χ1n) is 8.76. The zero-order valence-corrected chi connectivity index (χ0v) is 17.5. The van der Waals surface area contributed by atoms with Crippen molar-refractivity contribution in [2.45, 2.75) is 39.7 Å². The third-order valence-electron chi connectivity index (χ3n) is 4.21. The lowest BCUT2D eigenvalue weighted by molar-refractivity contribution is 0.182. The molecule has 0 aromatic carbocycles. The molecule has 2 rings (SSSR count). The van der Waals surface area contributed by atoms with Crippen LogP contribution in [0.3, 0.4) is 0 Å². The molecule has 138 valence electrons. The second-order valence-corrected chi connectivity index (χ2v) is 6.32. The third-order valence-corrected chi connectivity index (χ3v) is 4.21. The highest BCUT2D eigenvalue weighted by Gasteiger charge is 2.15. The van der Waals surface area contributed by atoms with Gasteiger partial charge in [-0.25, -0.2) is 9.98 Å². The van der Waals surface area contributed by atoms with Crippen molar-refractivity contribution < 1.29 is 0 Å². The Morgan fingerprint density at radius 3 is 2.92 bits per heavy atom. The van der Waals surface area contributed by atoms with Crippen LogP contribution in [0.1, 0.15) is 38.9 Å². The number of hydrogen-bond acceptors (Lipinski definition) is 4. The summed E-state index contributed by atoms with van der Waals surface area (Å²) in [5.74, 6) is 2.56. The lowest BCUT2D eigenvalue weighted by Gasteiger charge is -2.30. The van der Waals surface area contributed by atoms with E-state index in [0.29, 0.717) is 6.54 Å². The number of likely N-dealkylation sites (tertiary alicyclic amines) is 1. The molecule has 1 aliphatic heterocycles. The zero-order valence-electron chi connectivity index (χ0n) is 15.2. The molecule has 1 aromatic heterocycles. The number of aliphatic imine (C=N–C) groups is 1. The maximum atomic E-state index is 4.57. The van der Waals surface area contributed by atoms with Crippen molar-refractivity contribution in [3.63, 3.8) is 0 Å². The molecule has 8 heteroatoms. The summed E-state index contributed by atoms with van der Waals surface area (Å²) in [5.41, 5.74) is 0. The number of hydrogen-bond donors (Lipinski definition) is 2. The number of piperidine rings is 1. The first-order chi connectivity index (χ1) is 11.2. The van der Waals surface area contributed by atoms with Gasteiger partial charge in [0.15, 0.2) is 5.96 Å². The molecule has 0 amide bonds. The van der Waals surface area contributed by atoms with Crippen LogP contribution in [0.4, 0.5) is 0 Å². The Labute approximate surface area is 162 Å². The van der Waals surface area contributed by atoms with Crippen molar-refractivity contribution in [2.75, 3.05) is 32.7 Å². The quantitative estimate of drug-likeness (QED) is 0.287. The number of rotatable bonds is 7. The molecule has 0 aliphatic carbocycles. The minimum absolute atomic E-state index is 0.